The van der Waals surface area contributed by atoms with Crippen molar-refractivity contribution < 1.29 is 14.3 Å². The molecule has 1 aromatic carbocycles. The molecule has 3 amide bonds. The quantitative estimate of drug-likeness (QED) is 0.847. The Bertz CT molecular complexity index is 627. The average molecular weight is 361 g/mol. The van der Waals surface area contributed by atoms with E-state index in [1.165, 1.54) is 0 Å². The summed E-state index contributed by atoms with van der Waals surface area (Å²) in [5, 5.41) is 2.93. The number of carbonyl (C=O) groups excluding carboxylic acids is 2. The molecule has 1 aliphatic rings. The van der Waals surface area contributed by atoms with E-state index < -0.39 is 0 Å². The molecular formula is C20H31N3O3. The monoisotopic (exact) mass is 361 g/mol. The standard InChI is InChI=1S/C20H31N3O3/c1-5-22(6-2)19(24)10-8-16-7-9-18-17(13-16)14-23(11-12-26-18)20(25)21-15(3)4/h7,9,13,15H,5-6,8,10-12,14H2,1-4H3,(H,21,25). The molecule has 1 N–H and O–H groups in total. The lowest BCUT2D eigenvalue weighted by molar-refractivity contribution is -0.130. The van der Waals surface area contributed by atoms with Gasteiger partial charge in [-0.3, -0.25) is 4.79 Å². The third-order valence-corrected chi connectivity index (χ3v) is 4.55. The first kappa shape index (κ1) is 20.1. The summed E-state index contributed by atoms with van der Waals surface area (Å²) >= 11 is 0. The van der Waals surface area contributed by atoms with Gasteiger partial charge in [-0.25, -0.2) is 4.79 Å². The van der Waals surface area contributed by atoms with Crippen molar-refractivity contribution in [1.29, 1.82) is 0 Å². The Kier molecular flexibility index (Phi) is 7.30. The molecule has 1 aliphatic heterocycles. The van der Waals surface area contributed by atoms with E-state index in [2.05, 4.69) is 11.4 Å². The minimum atomic E-state index is -0.0708. The lowest BCUT2D eigenvalue weighted by Gasteiger charge is -2.22. The molecule has 0 atom stereocenters. The minimum absolute atomic E-state index is 0.0708. The van der Waals surface area contributed by atoms with E-state index >= 15 is 0 Å². The number of nitrogens with one attached hydrogen (secondary N) is 1. The summed E-state index contributed by atoms with van der Waals surface area (Å²) in [5.41, 5.74) is 2.09. The first-order valence-electron chi connectivity index (χ1n) is 9.52. The number of rotatable bonds is 6. The molecule has 0 saturated heterocycles. The second-order valence-electron chi connectivity index (χ2n) is 6.88. The van der Waals surface area contributed by atoms with E-state index in [1.807, 2.05) is 44.7 Å². The number of aryl methyl sites for hydroxylation is 1. The van der Waals surface area contributed by atoms with Crippen LogP contribution in [0.5, 0.6) is 5.75 Å². The second kappa shape index (κ2) is 9.46. The van der Waals surface area contributed by atoms with Gasteiger partial charge in [-0.2, -0.15) is 0 Å². The van der Waals surface area contributed by atoms with Gasteiger partial charge in [0.2, 0.25) is 5.91 Å². The van der Waals surface area contributed by atoms with Crippen molar-refractivity contribution in [2.45, 2.75) is 53.1 Å². The van der Waals surface area contributed by atoms with Crippen LogP contribution in [0.2, 0.25) is 0 Å². The third-order valence-electron chi connectivity index (χ3n) is 4.55. The Morgan fingerprint density at radius 1 is 1.27 bits per heavy atom. The number of urea groups is 1. The Morgan fingerprint density at radius 3 is 2.65 bits per heavy atom. The van der Waals surface area contributed by atoms with Crippen molar-refractivity contribution in [1.82, 2.24) is 15.1 Å². The molecule has 6 nitrogen and oxygen atoms in total. The minimum Gasteiger partial charge on any atom is -0.491 e. The summed E-state index contributed by atoms with van der Waals surface area (Å²) in [7, 11) is 0. The van der Waals surface area contributed by atoms with Gasteiger partial charge in [-0.05, 0) is 45.7 Å². The van der Waals surface area contributed by atoms with Crippen LogP contribution in [0.15, 0.2) is 18.2 Å². The zero-order chi connectivity index (χ0) is 19.1. The number of hydrogen-bond donors (Lipinski definition) is 1. The molecule has 0 saturated carbocycles. The number of amides is 3. The van der Waals surface area contributed by atoms with Crippen LogP contribution >= 0.6 is 0 Å². The number of ether oxygens (including phenoxy) is 1. The van der Waals surface area contributed by atoms with Crippen molar-refractivity contribution >= 4 is 11.9 Å². The van der Waals surface area contributed by atoms with Gasteiger partial charge in [0.25, 0.3) is 0 Å². The maximum atomic E-state index is 12.3. The Balaban J connectivity index is 2.05. The van der Waals surface area contributed by atoms with Crippen LogP contribution in [0.1, 0.15) is 45.2 Å². The summed E-state index contributed by atoms with van der Waals surface area (Å²) < 4.78 is 5.79. The molecule has 144 valence electrons. The van der Waals surface area contributed by atoms with E-state index in [1.54, 1.807) is 4.90 Å². The predicted molar refractivity (Wildman–Crippen MR) is 102 cm³/mol. The van der Waals surface area contributed by atoms with Crippen molar-refractivity contribution in [3.63, 3.8) is 0 Å². The molecular weight excluding hydrogens is 330 g/mol. The van der Waals surface area contributed by atoms with Gasteiger partial charge in [0.05, 0.1) is 13.1 Å². The summed E-state index contributed by atoms with van der Waals surface area (Å²) in [6.07, 6.45) is 1.19. The number of carbonyl (C=O) groups is 2. The van der Waals surface area contributed by atoms with E-state index in [9.17, 15) is 9.59 Å². The Morgan fingerprint density at radius 2 is 2.00 bits per heavy atom. The molecule has 26 heavy (non-hydrogen) atoms. The summed E-state index contributed by atoms with van der Waals surface area (Å²) in [5.74, 6) is 1.00. The van der Waals surface area contributed by atoms with E-state index in [0.29, 0.717) is 32.5 Å². The molecule has 1 heterocycles. The smallest absolute Gasteiger partial charge is 0.318 e. The number of hydrogen-bond acceptors (Lipinski definition) is 3. The Hall–Kier alpha value is -2.24. The van der Waals surface area contributed by atoms with Crippen LogP contribution in [0.4, 0.5) is 4.79 Å². The molecule has 0 bridgehead atoms. The topological polar surface area (TPSA) is 61.9 Å². The molecule has 2 rings (SSSR count). The highest BCUT2D eigenvalue weighted by Gasteiger charge is 2.20. The van der Waals surface area contributed by atoms with Gasteiger partial charge >= 0.3 is 6.03 Å². The summed E-state index contributed by atoms with van der Waals surface area (Å²) in [6, 6.07) is 6.06. The molecule has 0 spiro atoms. The van der Waals surface area contributed by atoms with Crippen LogP contribution in [-0.2, 0) is 17.8 Å². The van der Waals surface area contributed by atoms with Crippen molar-refractivity contribution in [2.75, 3.05) is 26.2 Å². The van der Waals surface area contributed by atoms with Gasteiger partial charge in [0, 0.05) is 31.1 Å². The van der Waals surface area contributed by atoms with Crippen molar-refractivity contribution in [3.8, 4) is 5.75 Å². The van der Waals surface area contributed by atoms with Gasteiger partial charge < -0.3 is 19.9 Å². The summed E-state index contributed by atoms with van der Waals surface area (Å²) in [4.78, 5) is 28.2. The maximum Gasteiger partial charge on any atom is 0.318 e. The van der Waals surface area contributed by atoms with Crippen molar-refractivity contribution in [2.24, 2.45) is 0 Å². The Labute approximate surface area is 156 Å². The summed E-state index contributed by atoms with van der Waals surface area (Å²) in [6.45, 7) is 10.9. The van der Waals surface area contributed by atoms with Crippen LogP contribution in [0.25, 0.3) is 0 Å². The van der Waals surface area contributed by atoms with Gasteiger partial charge in [0.15, 0.2) is 0 Å². The second-order valence-corrected chi connectivity index (χ2v) is 6.88. The van der Waals surface area contributed by atoms with Gasteiger partial charge in [-0.15, -0.1) is 0 Å². The van der Waals surface area contributed by atoms with E-state index in [0.717, 1.165) is 30.0 Å². The van der Waals surface area contributed by atoms with Crippen LogP contribution < -0.4 is 10.1 Å². The molecule has 0 aliphatic carbocycles. The molecule has 0 radical (unpaired) electrons. The molecule has 0 fully saturated rings. The third kappa shape index (κ3) is 5.38. The normalized spacial score (nSPS) is 13.7. The highest BCUT2D eigenvalue weighted by Crippen LogP contribution is 2.25. The maximum absolute atomic E-state index is 12.3. The van der Waals surface area contributed by atoms with E-state index in [4.69, 9.17) is 4.74 Å². The highest BCUT2D eigenvalue weighted by molar-refractivity contribution is 5.76. The first-order chi connectivity index (χ1) is 12.4. The lowest BCUT2D eigenvalue weighted by atomic mass is 10.0. The fraction of sp³-hybridized carbons (Fsp3) is 0.600. The first-order valence-corrected chi connectivity index (χ1v) is 9.52. The largest absolute Gasteiger partial charge is 0.491 e. The van der Waals surface area contributed by atoms with Gasteiger partial charge in [-0.1, -0.05) is 12.1 Å². The van der Waals surface area contributed by atoms with Crippen LogP contribution in [-0.4, -0.2) is 54.0 Å². The molecule has 0 aromatic heterocycles. The predicted octanol–water partition coefficient (Wildman–Crippen LogP) is 2.80. The number of benzene rings is 1. The number of nitrogens with zero attached hydrogens (tertiary/aromatic N) is 2. The van der Waals surface area contributed by atoms with Crippen molar-refractivity contribution in [3.05, 3.63) is 29.3 Å². The number of fused-ring (bicyclic) bond motifs is 1. The average Bonchev–Trinajstić information content (AvgIpc) is 2.82. The molecule has 0 unspecified atom stereocenters. The van der Waals surface area contributed by atoms with E-state index in [-0.39, 0.29) is 18.0 Å². The lowest BCUT2D eigenvalue weighted by Crippen LogP contribution is -2.43. The SMILES string of the molecule is CCN(CC)C(=O)CCc1ccc2c(c1)CN(C(=O)NC(C)C)CCO2. The fourth-order valence-corrected chi connectivity index (χ4v) is 3.10. The molecule has 1 aromatic rings. The highest BCUT2D eigenvalue weighted by atomic mass is 16.5. The van der Waals surface area contributed by atoms with Gasteiger partial charge in [0.1, 0.15) is 12.4 Å². The zero-order valence-electron chi connectivity index (χ0n) is 16.4. The molecule has 6 heteroatoms. The van der Waals surface area contributed by atoms with Crippen LogP contribution in [0, 0.1) is 0 Å². The fourth-order valence-electron chi connectivity index (χ4n) is 3.10. The zero-order valence-corrected chi connectivity index (χ0v) is 16.4. The van der Waals surface area contributed by atoms with Crippen LogP contribution in [0.3, 0.4) is 0 Å².